The van der Waals surface area contributed by atoms with Gasteiger partial charge in [-0.25, -0.2) is 13.1 Å². The summed E-state index contributed by atoms with van der Waals surface area (Å²) in [6.07, 6.45) is 0. The molecule has 0 amide bonds. The molecule has 1 N–H and O–H groups in total. The van der Waals surface area contributed by atoms with E-state index in [2.05, 4.69) is 4.72 Å². The number of hydrogen-bond acceptors (Lipinski definition) is 4. The Morgan fingerprint density at radius 1 is 1.04 bits per heavy atom. The van der Waals surface area contributed by atoms with E-state index in [0.29, 0.717) is 5.56 Å². The summed E-state index contributed by atoms with van der Waals surface area (Å²) in [7, 11) is -2.48. The van der Waals surface area contributed by atoms with Crippen LogP contribution in [0.25, 0.3) is 0 Å². The number of hydrogen-bond donors (Lipinski definition) is 1. The molecule has 0 saturated carbocycles. The smallest absolute Gasteiger partial charge is 0.310 e. The molecule has 24 heavy (non-hydrogen) atoms. The number of carbonyl (C=O) groups excluding carboxylic acids is 1. The average Bonchev–Trinajstić information content (AvgIpc) is 2.59. The summed E-state index contributed by atoms with van der Waals surface area (Å²) in [6, 6.07) is 14.8. The second kappa shape index (κ2) is 7.59. The maximum atomic E-state index is 12.7. The van der Waals surface area contributed by atoms with Gasteiger partial charge in [0, 0.05) is 0 Å². The van der Waals surface area contributed by atoms with Crippen molar-refractivity contribution < 1.29 is 17.9 Å². The molecule has 0 aliphatic rings. The second-order valence-corrected chi connectivity index (χ2v) is 7.35. The van der Waals surface area contributed by atoms with Gasteiger partial charge in [0.25, 0.3) is 0 Å². The zero-order valence-corrected chi connectivity index (χ0v) is 14.7. The van der Waals surface area contributed by atoms with Crippen molar-refractivity contribution in [1.29, 1.82) is 0 Å². The summed E-state index contributed by atoms with van der Waals surface area (Å²) >= 11 is 0. The summed E-state index contributed by atoms with van der Waals surface area (Å²) in [5, 5.41) is 0. The van der Waals surface area contributed by atoms with Crippen LogP contribution in [0.3, 0.4) is 0 Å². The average molecular weight is 347 g/mol. The van der Waals surface area contributed by atoms with E-state index >= 15 is 0 Å². The maximum absolute atomic E-state index is 12.7. The van der Waals surface area contributed by atoms with Crippen molar-refractivity contribution in [2.75, 3.05) is 7.11 Å². The molecule has 0 bridgehead atoms. The van der Waals surface area contributed by atoms with Gasteiger partial charge in [0.05, 0.1) is 24.0 Å². The van der Waals surface area contributed by atoms with Crippen LogP contribution in [0, 0.1) is 12.8 Å². The number of nitrogens with one attached hydrogen (secondary N) is 1. The third-order valence-corrected chi connectivity index (χ3v) is 5.30. The zero-order valence-electron chi connectivity index (χ0n) is 13.9. The SMILES string of the molecule is COC(=O)[C@@H](C)[C@@H](NS(=O)(=O)c1ccc(C)cc1)c1ccccc1. The Kier molecular flexibility index (Phi) is 5.75. The predicted octanol–water partition coefficient (Wildman–Crippen LogP) is 2.82. The fourth-order valence-electron chi connectivity index (χ4n) is 2.39. The van der Waals surface area contributed by atoms with Crippen LogP contribution in [0.2, 0.25) is 0 Å². The van der Waals surface area contributed by atoms with Gasteiger partial charge in [-0.05, 0) is 24.6 Å². The Labute approximate surface area is 142 Å². The van der Waals surface area contributed by atoms with E-state index in [1.165, 1.54) is 7.11 Å². The molecule has 0 aliphatic heterocycles. The first-order valence-corrected chi connectivity index (χ1v) is 9.05. The standard InChI is InChI=1S/C18H21NO4S/c1-13-9-11-16(12-10-13)24(21,22)19-17(14(2)18(20)23-3)15-7-5-4-6-8-15/h4-12,14,17,19H,1-3H3/t14-,17+/m0/s1. The van der Waals surface area contributed by atoms with Gasteiger partial charge in [-0.3, -0.25) is 4.79 Å². The molecule has 128 valence electrons. The van der Waals surface area contributed by atoms with Gasteiger partial charge in [0.15, 0.2) is 0 Å². The van der Waals surface area contributed by atoms with Crippen LogP contribution in [0.15, 0.2) is 59.5 Å². The number of aryl methyl sites for hydroxylation is 1. The van der Waals surface area contributed by atoms with Crippen molar-refractivity contribution >= 4 is 16.0 Å². The number of benzene rings is 2. The minimum absolute atomic E-state index is 0.158. The van der Waals surface area contributed by atoms with Crippen molar-refractivity contribution in [3.05, 3.63) is 65.7 Å². The molecular weight excluding hydrogens is 326 g/mol. The first-order valence-electron chi connectivity index (χ1n) is 7.57. The molecule has 0 heterocycles. The highest BCUT2D eigenvalue weighted by atomic mass is 32.2. The van der Waals surface area contributed by atoms with Crippen LogP contribution in [0.4, 0.5) is 0 Å². The molecule has 5 nitrogen and oxygen atoms in total. The van der Waals surface area contributed by atoms with E-state index in [1.54, 1.807) is 55.5 Å². The highest BCUT2D eigenvalue weighted by Crippen LogP contribution is 2.25. The lowest BCUT2D eigenvalue weighted by atomic mass is 9.95. The lowest BCUT2D eigenvalue weighted by Gasteiger charge is -2.24. The Hall–Kier alpha value is -2.18. The summed E-state index contributed by atoms with van der Waals surface area (Å²) in [6.45, 7) is 3.52. The van der Waals surface area contributed by atoms with E-state index in [4.69, 9.17) is 4.74 Å². The Morgan fingerprint density at radius 3 is 2.17 bits per heavy atom. The van der Waals surface area contributed by atoms with Crippen LogP contribution in [-0.4, -0.2) is 21.5 Å². The number of carbonyl (C=O) groups is 1. The molecule has 6 heteroatoms. The molecule has 2 rings (SSSR count). The second-order valence-electron chi connectivity index (χ2n) is 5.63. The number of rotatable bonds is 6. The maximum Gasteiger partial charge on any atom is 0.310 e. The van der Waals surface area contributed by atoms with E-state index in [-0.39, 0.29) is 4.90 Å². The molecular formula is C18H21NO4S. The quantitative estimate of drug-likeness (QED) is 0.816. The third-order valence-electron chi connectivity index (χ3n) is 3.85. The van der Waals surface area contributed by atoms with Gasteiger partial charge in [0.1, 0.15) is 0 Å². The zero-order chi connectivity index (χ0) is 17.7. The molecule has 0 aliphatic carbocycles. The van der Waals surface area contributed by atoms with Gasteiger partial charge in [-0.15, -0.1) is 0 Å². The summed E-state index contributed by atoms with van der Waals surface area (Å²) in [5.41, 5.74) is 1.67. The molecule has 0 aromatic heterocycles. The molecule has 0 unspecified atom stereocenters. The first-order chi connectivity index (χ1) is 11.3. The van der Waals surface area contributed by atoms with Crippen molar-refractivity contribution in [1.82, 2.24) is 4.72 Å². The molecule has 0 saturated heterocycles. The van der Waals surface area contributed by atoms with Gasteiger partial charge in [0.2, 0.25) is 10.0 Å². The van der Waals surface area contributed by atoms with E-state index in [9.17, 15) is 13.2 Å². The van der Waals surface area contributed by atoms with E-state index in [1.807, 2.05) is 13.0 Å². The van der Waals surface area contributed by atoms with Crippen LogP contribution >= 0.6 is 0 Å². The van der Waals surface area contributed by atoms with Gasteiger partial charge in [-0.2, -0.15) is 0 Å². The summed E-state index contributed by atoms with van der Waals surface area (Å²) < 4.78 is 32.8. The van der Waals surface area contributed by atoms with Gasteiger partial charge < -0.3 is 4.74 Å². The molecule has 0 radical (unpaired) electrons. The fraction of sp³-hybridized carbons (Fsp3) is 0.278. The van der Waals surface area contributed by atoms with Crippen LogP contribution in [-0.2, 0) is 19.6 Å². The normalized spacial score (nSPS) is 14.0. The lowest BCUT2D eigenvalue weighted by molar-refractivity contribution is -0.145. The summed E-state index contributed by atoms with van der Waals surface area (Å²) in [4.78, 5) is 12.1. The van der Waals surface area contributed by atoms with E-state index < -0.39 is 28.0 Å². The number of methoxy groups -OCH3 is 1. The van der Waals surface area contributed by atoms with Gasteiger partial charge >= 0.3 is 5.97 Å². The van der Waals surface area contributed by atoms with Crippen molar-refractivity contribution in [2.24, 2.45) is 5.92 Å². The minimum Gasteiger partial charge on any atom is -0.469 e. The molecule has 2 aromatic carbocycles. The fourth-order valence-corrected chi connectivity index (χ4v) is 3.70. The number of sulfonamides is 1. The van der Waals surface area contributed by atoms with Gasteiger partial charge in [-0.1, -0.05) is 55.0 Å². The number of esters is 1. The predicted molar refractivity (Wildman–Crippen MR) is 91.9 cm³/mol. The van der Waals surface area contributed by atoms with Crippen molar-refractivity contribution in [3.63, 3.8) is 0 Å². The van der Waals surface area contributed by atoms with E-state index in [0.717, 1.165) is 5.56 Å². The molecule has 0 fully saturated rings. The Morgan fingerprint density at radius 2 is 1.62 bits per heavy atom. The number of ether oxygens (including phenoxy) is 1. The molecule has 2 atom stereocenters. The van der Waals surface area contributed by atoms with Crippen LogP contribution in [0.5, 0.6) is 0 Å². The first kappa shape index (κ1) is 18.2. The molecule has 0 spiro atoms. The molecule has 2 aromatic rings. The highest BCUT2D eigenvalue weighted by molar-refractivity contribution is 7.89. The Balaban J connectivity index is 2.37. The highest BCUT2D eigenvalue weighted by Gasteiger charge is 2.30. The van der Waals surface area contributed by atoms with Crippen LogP contribution in [0.1, 0.15) is 24.1 Å². The monoisotopic (exact) mass is 347 g/mol. The minimum atomic E-state index is -3.77. The topological polar surface area (TPSA) is 72.5 Å². The summed E-state index contributed by atoms with van der Waals surface area (Å²) in [5.74, 6) is -1.15. The van der Waals surface area contributed by atoms with Crippen LogP contribution < -0.4 is 4.72 Å². The van der Waals surface area contributed by atoms with Crippen molar-refractivity contribution in [3.8, 4) is 0 Å². The third kappa shape index (κ3) is 4.21. The largest absolute Gasteiger partial charge is 0.469 e. The Bertz CT molecular complexity index is 786. The van der Waals surface area contributed by atoms with Crippen molar-refractivity contribution in [2.45, 2.75) is 24.8 Å². The lowest BCUT2D eigenvalue weighted by Crippen LogP contribution is -2.36.